The van der Waals surface area contributed by atoms with E-state index in [1.807, 2.05) is 13.8 Å². The number of rotatable bonds is 0. The zero-order chi connectivity index (χ0) is 8.65. The number of likely N-dealkylation sites (tertiary alicyclic amines) is 1. The van der Waals surface area contributed by atoms with Crippen LogP contribution in [0.2, 0.25) is 0 Å². The summed E-state index contributed by atoms with van der Waals surface area (Å²) < 4.78 is 0. The first-order valence-corrected chi connectivity index (χ1v) is 3.72. The summed E-state index contributed by atoms with van der Waals surface area (Å²) in [7, 11) is 1.74. The number of amides is 1. The summed E-state index contributed by atoms with van der Waals surface area (Å²) in [4.78, 5) is 23.8. The Morgan fingerprint density at radius 2 is 1.91 bits per heavy atom. The van der Waals surface area contributed by atoms with Crippen LogP contribution < -0.4 is 0 Å². The number of carbonyl (C=O) groups excluding carboxylic acids is 2. The van der Waals surface area contributed by atoms with Gasteiger partial charge in [-0.25, -0.2) is 0 Å². The molecule has 3 nitrogen and oxygen atoms in total. The summed E-state index contributed by atoms with van der Waals surface area (Å²) in [6.45, 7) is 3.81. The van der Waals surface area contributed by atoms with Crippen LogP contribution in [0, 0.1) is 0 Å². The van der Waals surface area contributed by atoms with Crippen LogP contribution in [-0.2, 0) is 9.59 Å². The average molecular weight is 155 g/mol. The molecule has 62 valence electrons. The largest absolute Gasteiger partial charge is 0.340 e. The highest BCUT2D eigenvalue weighted by molar-refractivity contribution is 6.01. The van der Waals surface area contributed by atoms with Gasteiger partial charge in [0.25, 0.3) is 0 Å². The number of Topliss-reactive ketones (excluding diaryl/α,β-unsaturated/α-hetero) is 1. The molecule has 0 radical (unpaired) electrons. The van der Waals surface area contributed by atoms with Crippen LogP contribution in [0.15, 0.2) is 0 Å². The number of piperidine rings is 1. The van der Waals surface area contributed by atoms with E-state index < -0.39 is 0 Å². The molecule has 3 heteroatoms. The monoisotopic (exact) mass is 155 g/mol. The highest BCUT2D eigenvalue weighted by atomic mass is 16.2. The molecule has 0 aromatic rings. The zero-order valence-corrected chi connectivity index (χ0v) is 7.18. The molecule has 1 saturated heterocycles. The predicted octanol–water partition coefficient (Wildman–Crippen LogP) is 0.586. The van der Waals surface area contributed by atoms with E-state index in [0.717, 1.165) is 0 Å². The molecule has 1 amide bonds. The van der Waals surface area contributed by atoms with Crippen molar-refractivity contribution in [3.05, 3.63) is 0 Å². The van der Waals surface area contributed by atoms with Gasteiger partial charge < -0.3 is 4.90 Å². The zero-order valence-electron chi connectivity index (χ0n) is 7.18. The third kappa shape index (κ3) is 1.42. The second-order valence-corrected chi connectivity index (χ2v) is 3.66. The normalized spacial score (nSPS) is 24.1. The van der Waals surface area contributed by atoms with Gasteiger partial charge in [-0.05, 0) is 13.8 Å². The average Bonchev–Trinajstić information content (AvgIpc) is 1.81. The maximum Gasteiger partial charge on any atom is 0.230 e. The van der Waals surface area contributed by atoms with Crippen molar-refractivity contribution in [3.8, 4) is 0 Å². The number of hydrogen-bond acceptors (Lipinski definition) is 2. The first kappa shape index (κ1) is 8.24. The molecule has 0 unspecified atom stereocenters. The fourth-order valence-corrected chi connectivity index (χ4v) is 1.29. The summed E-state index contributed by atoms with van der Waals surface area (Å²) in [5.41, 5.74) is -0.285. The molecular weight excluding hydrogens is 142 g/mol. The van der Waals surface area contributed by atoms with Gasteiger partial charge in [0, 0.05) is 19.0 Å². The van der Waals surface area contributed by atoms with Gasteiger partial charge in [0.05, 0.1) is 6.42 Å². The van der Waals surface area contributed by atoms with Crippen LogP contribution in [-0.4, -0.2) is 29.2 Å². The number of nitrogens with zero attached hydrogens (tertiary/aromatic N) is 1. The van der Waals surface area contributed by atoms with Gasteiger partial charge in [-0.3, -0.25) is 9.59 Å². The van der Waals surface area contributed by atoms with Crippen LogP contribution >= 0.6 is 0 Å². The summed E-state index contributed by atoms with van der Waals surface area (Å²) in [5.74, 6) is -0.00986. The van der Waals surface area contributed by atoms with Gasteiger partial charge in [-0.15, -0.1) is 0 Å². The second kappa shape index (κ2) is 2.32. The Morgan fingerprint density at radius 3 is 2.36 bits per heavy atom. The summed E-state index contributed by atoms with van der Waals surface area (Å²) in [6, 6.07) is 0. The highest BCUT2D eigenvalue weighted by Crippen LogP contribution is 2.23. The van der Waals surface area contributed by atoms with Gasteiger partial charge in [0.1, 0.15) is 5.78 Å². The summed E-state index contributed by atoms with van der Waals surface area (Å²) in [5, 5.41) is 0. The molecule has 1 fully saturated rings. The van der Waals surface area contributed by atoms with Crippen LogP contribution in [0.4, 0.5) is 0 Å². The third-order valence-corrected chi connectivity index (χ3v) is 2.26. The molecule has 0 aliphatic carbocycles. The Bertz CT molecular complexity index is 208. The van der Waals surface area contributed by atoms with Crippen LogP contribution in [0.25, 0.3) is 0 Å². The van der Waals surface area contributed by atoms with Gasteiger partial charge >= 0.3 is 0 Å². The van der Waals surface area contributed by atoms with Crippen molar-refractivity contribution >= 4 is 11.7 Å². The second-order valence-electron chi connectivity index (χ2n) is 3.66. The quantitative estimate of drug-likeness (QED) is 0.480. The first-order chi connectivity index (χ1) is 4.93. The van der Waals surface area contributed by atoms with Crippen LogP contribution in [0.5, 0.6) is 0 Å². The fourth-order valence-electron chi connectivity index (χ4n) is 1.29. The molecule has 11 heavy (non-hydrogen) atoms. The Kier molecular flexibility index (Phi) is 1.74. The Labute approximate surface area is 66.4 Å². The molecular formula is C8H13NO2. The van der Waals surface area contributed by atoms with Crippen molar-refractivity contribution < 1.29 is 9.59 Å². The summed E-state index contributed by atoms with van der Waals surface area (Å²) in [6.07, 6.45) is 0.565. The van der Waals surface area contributed by atoms with E-state index in [1.165, 1.54) is 0 Å². The molecule has 1 rings (SSSR count). The van der Waals surface area contributed by atoms with Gasteiger partial charge in [-0.2, -0.15) is 0 Å². The van der Waals surface area contributed by atoms with E-state index in [1.54, 1.807) is 11.9 Å². The van der Waals surface area contributed by atoms with E-state index in [4.69, 9.17) is 0 Å². The Morgan fingerprint density at radius 1 is 1.36 bits per heavy atom. The van der Waals surface area contributed by atoms with Crippen molar-refractivity contribution in [2.45, 2.75) is 32.2 Å². The van der Waals surface area contributed by atoms with Gasteiger partial charge in [0.2, 0.25) is 5.91 Å². The maximum absolute atomic E-state index is 11.1. The van der Waals surface area contributed by atoms with E-state index in [9.17, 15) is 9.59 Å². The highest BCUT2D eigenvalue weighted by Gasteiger charge is 2.35. The standard InChI is InChI=1S/C8H13NO2/c1-8(2)5-6(10)4-7(11)9(8)3/h4-5H2,1-3H3. The third-order valence-electron chi connectivity index (χ3n) is 2.26. The lowest BCUT2D eigenvalue weighted by molar-refractivity contribution is -0.144. The molecule has 1 aliphatic rings. The lowest BCUT2D eigenvalue weighted by Gasteiger charge is -2.38. The molecule has 0 spiro atoms. The minimum atomic E-state index is -0.285. The number of carbonyl (C=O) groups is 2. The molecule has 0 aromatic carbocycles. The van der Waals surface area contributed by atoms with Crippen LogP contribution in [0.1, 0.15) is 26.7 Å². The molecule has 0 N–H and O–H groups in total. The lowest BCUT2D eigenvalue weighted by Crippen LogP contribution is -2.51. The molecule has 0 atom stereocenters. The Balaban J connectivity index is 2.83. The van der Waals surface area contributed by atoms with Gasteiger partial charge in [0.15, 0.2) is 0 Å². The summed E-state index contributed by atoms with van der Waals surface area (Å²) >= 11 is 0. The SMILES string of the molecule is CN1C(=O)CC(=O)CC1(C)C. The number of ketones is 1. The molecule has 1 aliphatic heterocycles. The van der Waals surface area contributed by atoms with E-state index in [0.29, 0.717) is 6.42 Å². The predicted molar refractivity (Wildman–Crippen MR) is 41.1 cm³/mol. The smallest absolute Gasteiger partial charge is 0.230 e. The number of hydrogen-bond donors (Lipinski definition) is 0. The van der Waals surface area contributed by atoms with Crippen molar-refractivity contribution in [1.82, 2.24) is 4.90 Å². The topological polar surface area (TPSA) is 37.4 Å². The maximum atomic E-state index is 11.1. The van der Waals surface area contributed by atoms with Gasteiger partial charge in [-0.1, -0.05) is 0 Å². The Hall–Kier alpha value is -0.860. The minimum absolute atomic E-state index is 0.0538. The minimum Gasteiger partial charge on any atom is -0.340 e. The molecule has 0 aromatic heterocycles. The first-order valence-electron chi connectivity index (χ1n) is 3.72. The van der Waals surface area contributed by atoms with Crippen molar-refractivity contribution in [3.63, 3.8) is 0 Å². The molecule has 0 bridgehead atoms. The molecule has 0 saturated carbocycles. The van der Waals surface area contributed by atoms with Crippen molar-refractivity contribution in [2.75, 3.05) is 7.05 Å². The van der Waals surface area contributed by atoms with E-state index >= 15 is 0 Å². The lowest BCUT2D eigenvalue weighted by atomic mass is 9.90. The fraction of sp³-hybridized carbons (Fsp3) is 0.750. The molecule has 1 heterocycles. The van der Waals surface area contributed by atoms with E-state index in [2.05, 4.69) is 0 Å². The van der Waals surface area contributed by atoms with Crippen molar-refractivity contribution in [1.29, 1.82) is 0 Å². The van der Waals surface area contributed by atoms with E-state index in [-0.39, 0.29) is 23.7 Å². The van der Waals surface area contributed by atoms with Crippen LogP contribution in [0.3, 0.4) is 0 Å². The van der Waals surface area contributed by atoms with Crippen molar-refractivity contribution in [2.24, 2.45) is 0 Å².